The highest BCUT2D eigenvalue weighted by Crippen LogP contribution is 2.26. The molecule has 1 saturated heterocycles. The van der Waals surface area contributed by atoms with Crippen molar-refractivity contribution in [2.24, 2.45) is 0 Å². The van der Waals surface area contributed by atoms with E-state index in [9.17, 15) is 0 Å². The molecule has 0 saturated carbocycles. The van der Waals surface area contributed by atoms with Gasteiger partial charge in [0.05, 0.1) is 7.11 Å². The van der Waals surface area contributed by atoms with Crippen molar-refractivity contribution in [3.8, 4) is 5.75 Å². The number of likely N-dealkylation sites (tertiary alicyclic amines) is 1. The highest BCUT2D eigenvalue weighted by molar-refractivity contribution is 5.50. The van der Waals surface area contributed by atoms with Gasteiger partial charge >= 0.3 is 0 Å². The Morgan fingerprint density at radius 2 is 1.96 bits per heavy atom. The molecule has 24 heavy (non-hydrogen) atoms. The Balaban J connectivity index is 1.47. The highest BCUT2D eigenvalue weighted by Gasteiger charge is 2.21. The van der Waals surface area contributed by atoms with Gasteiger partial charge in [0.2, 0.25) is 5.95 Å². The van der Waals surface area contributed by atoms with Crippen LogP contribution in [0.2, 0.25) is 0 Å². The predicted molar refractivity (Wildman–Crippen MR) is 96.9 cm³/mol. The average Bonchev–Trinajstić information content (AvgIpc) is 2.63. The Morgan fingerprint density at radius 1 is 1.21 bits per heavy atom. The Bertz CT molecular complexity index is 676. The van der Waals surface area contributed by atoms with Gasteiger partial charge in [-0.25, -0.2) is 9.97 Å². The molecule has 0 atom stereocenters. The number of hydrogen-bond donors (Lipinski definition) is 1. The molecule has 3 rings (SSSR count). The fourth-order valence-electron chi connectivity index (χ4n) is 3.08. The second-order valence-corrected chi connectivity index (χ2v) is 6.09. The summed E-state index contributed by atoms with van der Waals surface area (Å²) >= 11 is 0. The summed E-state index contributed by atoms with van der Waals surface area (Å²) < 4.78 is 5.17. The van der Waals surface area contributed by atoms with E-state index in [1.54, 1.807) is 13.3 Å². The van der Waals surface area contributed by atoms with Crippen molar-refractivity contribution < 1.29 is 4.74 Å². The summed E-state index contributed by atoms with van der Waals surface area (Å²) in [6.07, 6.45) is 8.38. The maximum absolute atomic E-state index is 5.68. The molecule has 2 aromatic rings. The van der Waals surface area contributed by atoms with E-state index in [1.165, 1.54) is 5.56 Å². The van der Waals surface area contributed by atoms with Crippen molar-refractivity contribution >= 4 is 12.0 Å². The first-order chi connectivity index (χ1) is 11.7. The molecule has 126 valence electrons. The summed E-state index contributed by atoms with van der Waals surface area (Å²) in [5.41, 5.74) is 7.96. The van der Waals surface area contributed by atoms with Gasteiger partial charge in [0, 0.05) is 24.4 Å². The number of aromatic nitrogens is 2. The molecule has 2 heterocycles. The predicted octanol–water partition coefficient (Wildman–Crippen LogP) is 2.96. The second kappa shape index (κ2) is 7.93. The van der Waals surface area contributed by atoms with Gasteiger partial charge in [-0.15, -0.1) is 0 Å². The number of anilines is 1. The van der Waals surface area contributed by atoms with Gasteiger partial charge in [-0.1, -0.05) is 24.3 Å². The van der Waals surface area contributed by atoms with Crippen LogP contribution in [-0.2, 0) is 0 Å². The molecule has 1 aromatic carbocycles. The van der Waals surface area contributed by atoms with Crippen LogP contribution in [0.25, 0.3) is 6.08 Å². The SMILES string of the molecule is COc1ccc(/C=C/CN2CCC(c3ccnc(N)n3)CC2)cc1. The van der Waals surface area contributed by atoms with Crippen LogP contribution in [0.1, 0.15) is 30.0 Å². The smallest absolute Gasteiger partial charge is 0.220 e. The van der Waals surface area contributed by atoms with Gasteiger partial charge in [-0.3, -0.25) is 4.90 Å². The number of benzene rings is 1. The number of nitrogens with two attached hydrogens (primary N) is 1. The van der Waals surface area contributed by atoms with Gasteiger partial charge in [-0.05, 0) is 49.7 Å². The highest BCUT2D eigenvalue weighted by atomic mass is 16.5. The van der Waals surface area contributed by atoms with E-state index in [-0.39, 0.29) is 0 Å². The van der Waals surface area contributed by atoms with Crippen molar-refractivity contribution in [2.75, 3.05) is 32.5 Å². The molecule has 0 spiro atoms. The first kappa shape index (κ1) is 16.5. The third-order valence-corrected chi connectivity index (χ3v) is 4.49. The second-order valence-electron chi connectivity index (χ2n) is 6.09. The van der Waals surface area contributed by atoms with Crippen molar-refractivity contribution in [3.05, 3.63) is 53.9 Å². The zero-order chi connectivity index (χ0) is 16.8. The first-order valence-corrected chi connectivity index (χ1v) is 8.36. The van der Waals surface area contributed by atoms with Gasteiger partial charge in [0.25, 0.3) is 0 Å². The van der Waals surface area contributed by atoms with Gasteiger partial charge in [-0.2, -0.15) is 0 Å². The first-order valence-electron chi connectivity index (χ1n) is 8.36. The number of nitrogen functional groups attached to an aromatic ring is 1. The maximum Gasteiger partial charge on any atom is 0.220 e. The van der Waals surface area contributed by atoms with Crippen LogP contribution < -0.4 is 10.5 Å². The lowest BCUT2D eigenvalue weighted by molar-refractivity contribution is 0.231. The molecule has 1 aromatic heterocycles. The van der Waals surface area contributed by atoms with Gasteiger partial charge < -0.3 is 10.5 Å². The largest absolute Gasteiger partial charge is 0.497 e. The Hall–Kier alpha value is -2.40. The van der Waals surface area contributed by atoms with Crippen molar-refractivity contribution in [1.29, 1.82) is 0 Å². The lowest BCUT2D eigenvalue weighted by atomic mass is 9.93. The number of rotatable bonds is 5. The summed E-state index contributed by atoms with van der Waals surface area (Å²) in [5.74, 6) is 1.76. The molecule has 0 amide bonds. The zero-order valence-corrected chi connectivity index (χ0v) is 14.1. The van der Waals surface area contributed by atoms with E-state index >= 15 is 0 Å². The molecule has 1 aliphatic heterocycles. The van der Waals surface area contributed by atoms with Crippen LogP contribution in [0, 0.1) is 0 Å². The Labute approximate surface area is 143 Å². The molecule has 5 nitrogen and oxygen atoms in total. The van der Waals surface area contributed by atoms with Crippen LogP contribution in [0.5, 0.6) is 5.75 Å². The van der Waals surface area contributed by atoms with E-state index in [0.29, 0.717) is 11.9 Å². The molecule has 2 N–H and O–H groups in total. The summed E-state index contributed by atoms with van der Waals surface area (Å²) in [4.78, 5) is 10.8. The molecule has 0 unspecified atom stereocenters. The molecule has 5 heteroatoms. The van der Waals surface area contributed by atoms with Gasteiger partial charge in [0.1, 0.15) is 5.75 Å². The van der Waals surface area contributed by atoms with Crippen LogP contribution in [-0.4, -0.2) is 41.6 Å². The Morgan fingerprint density at radius 3 is 2.62 bits per heavy atom. The standard InChI is InChI=1S/C19H24N4O/c1-24-17-6-4-15(5-7-17)3-2-12-23-13-9-16(10-14-23)18-8-11-21-19(20)22-18/h2-8,11,16H,9-10,12-14H2,1H3,(H2,20,21,22)/b3-2+. The zero-order valence-electron chi connectivity index (χ0n) is 14.1. The molecule has 0 aliphatic carbocycles. The summed E-state index contributed by atoms with van der Waals surface area (Å²) in [5, 5.41) is 0. The lowest BCUT2D eigenvalue weighted by Gasteiger charge is -2.30. The maximum atomic E-state index is 5.68. The van der Waals surface area contributed by atoms with Crippen molar-refractivity contribution in [2.45, 2.75) is 18.8 Å². The molecule has 0 radical (unpaired) electrons. The van der Waals surface area contributed by atoms with E-state index in [2.05, 4.69) is 39.2 Å². The topological polar surface area (TPSA) is 64.3 Å². The third-order valence-electron chi connectivity index (χ3n) is 4.49. The quantitative estimate of drug-likeness (QED) is 0.916. The fourth-order valence-corrected chi connectivity index (χ4v) is 3.08. The summed E-state index contributed by atoms with van der Waals surface area (Å²) in [7, 11) is 1.68. The molecular formula is C19H24N4O. The normalized spacial score (nSPS) is 16.5. The fraction of sp³-hybridized carbons (Fsp3) is 0.368. The number of piperidine rings is 1. The third kappa shape index (κ3) is 4.32. The monoisotopic (exact) mass is 324 g/mol. The van der Waals surface area contributed by atoms with E-state index in [4.69, 9.17) is 10.5 Å². The average molecular weight is 324 g/mol. The summed E-state index contributed by atoms with van der Waals surface area (Å²) in [6, 6.07) is 10.1. The number of methoxy groups -OCH3 is 1. The molecule has 1 aliphatic rings. The minimum Gasteiger partial charge on any atom is -0.497 e. The number of hydrogen-bond acceptors (Lipinski definition) is 5. The van der Waals surface area contributed by atoms with Crippen molar-refractivity contribution in [1.82, 2.24) is 14.9 Å². The lowest BCUT2D eigenvalue weighted by Crippen LogP contribution is -2.33. The van der Waals surface area contributed by atoms with E-state index in [0.717, 1.165) is 43.9 Å². The van der Waals surface area contributed by atoms with Crippen molar-refractivity contribution in [3.63, 3.8) is 0 Å². The van der Waals surface area contributed by atoms with Crippen LogP contribution in [0.15, 0.2) is 42.6 Å². The van der Waals surface area contributed by atoms with Crippen LogP contribution >= 0.6 is 0 Å². The molecule has 0 bridgehead atoms. The number of nitrogens with zero attached hydrogens (tertiary/aromatic N) is 3. The van der Waals surface area contributed by atoms with Crippen LogP contribution in [0.3, 0.4) is 0 Å². The molecule has 1 fully saturated rings. The van der Waals surface area contributed by atoms with E-state index < -0.39 is 0 Å². The van der Waals surface area contributed by atoms with Gasteiger partial charge in [0.15, 0.2) is 0 Å². The molecular weight excluding hydrogens is 300 g/mol. The summed E-state index contributed by atoms with van der Waals surface area (Å²) in [6.45, 7) is 3.15. The number of ether oxygens (including phenoxy) is 1. The minimum atomic E-state index is 0.373. The van der Waals surface area contributed by atoms with E-state index in [1.807, 2.05) is 18.2 Å². The minimum absolute atomic E-state index is 0.373. The van der Waals surface area contributed by atoms with Crippen LogP contribution in [0.4, 0.5) is 5.95 Å². The Kier molecular flexibility index (Phi) is 5.43.